The summed E-state index contributed by atoms with van der Waals surface area (Å²) in [7, 11) is 0. The quantitative estimate of drug-likeness (QED) is 0.543. The summed E-state index contributed by atoms with van der Waals surface area (Å²) < 4.78 is 28.7. The number of aromatic nitrogens is 1. The number of nitrogens with zero attached hydrogens (tertiary/aromatic N) is 2. The first-order valence-corrected chi connectivity index (χ1v) is 9.54. The largest absolute Gasteiger partial charge is 0.340 e. The molecule has 1 atom stereocenters. The maximum atomic E-state index is 14.1. The van der Waals surface area contributed by atoms with Gasteiger partial charge in [0.2, 0.25) is 0 Å². The molecule has 1 N–H and O–H groups in total. The minimum Gasteiger partial charge on any atom is -0.340 e. The number of hydrogen-bond donors (Lipinski definition) is 1. The van der Waals surface area contributed by atoms with E-state index in [1.807, 2.05) is 6.07 Å². The lowest BCUT2D eigenvalue weighted by molar-refractivity contribution is 0.0941. The van der Waals surface area contributed by atoms with Gasteiger partial charge in [-0.1, -0.05) is 17.7 Å². The third-order valence-electron chi connectivity index (χ3n) is 4.26. The number of aryl methyl sites for hydroxylation is 1. The second-order valence-corrected chi connectivity index (χ2v) is 7.56. The number of halogens is 4. The molecule has 1 aromatic heterocycles. The fourth-order valence-electron chi connectivity index (χ4n) is 2.82. The van der Waals surface area contributed by atoms with Crippen molar-refractivity contribution in [2.45, 2.75) is 13.0 Å². The molecule has 0 spiro atoms. The van der Waals surface area contributed by atoms with Crippen molar-refractivity contribution in [1.82, 2.24) is 10.3 Å². The molecule has 2 aromatic carbocycles. The molecule has 0 saturated heterocycles. The van der Waals surface area contributed by atoms with Gasteiger partial charge in [0.25, 0.3) is 5.91 Å². The molecule has 0 aliphatic rings. The van der Waals surface area contributed by atoms with Crippen LogP contribution in [0, 0.1) is 29.9 Å². The number of hydrogen-bond acceptors (Lipinski definition) is 3. The lowest BCUT2D eigenvalue weighted by Gasteiger charge is -2.21. The van der Waals surface area contributed by atoms with Crippen LogP contribution in [-0.4, -0.2) is 10.9 Å². The van der Waals surface area contributed by atoms with Gasteiger partial charge in [-0.2, -0.15) is 5.26 Å². The van der Waals surface area contributed by atoms with Crippen molar-refractivity contribution in [1.29, 1.82) is 5.26 Å². The molecule has 0 aliphatic heterocycles. The van der Waals surface area contributed by atoms with E-state index >= 15 is 0 Å². The monoisotopic (exact) mass is 475 g/mol. The number of carbonyl (C=O) groups is 1. The van der Waals surface area contributed by atoms with E-state index in [9.17, 15) is 13.6 Å². The Morgan fingerprint density at radius 3 is 2.59 bits per heavy atom. The summed E-state index contributed by atoms with van der Waals surface area (Å²) in [5.41, 5.74) is 1.54. The van der Waals surface area contributed by atoms with Crippen LogP contribution in [0.25, 0.3) is 0 Å². The van der Waals surface area contributed by atoms with E-state index in [0.717, 1.165) is 16.1 Å². The Bertz CT molecular complexity index is 1150. The second-order valence-electron chi connectivity index (χ2n) is 6.24. The van der Waals surface area contributed by atoms with Crippen LogP contribution in [0.3, 0.4) is 0 Å². The predicted molar refractivity (Wildman–Crippen MR) is 109 cm³/mol. The summed E-state index contributed by atoms with van der Waals surface area (Å²) in [4.78, 5) is 17.1. The first kappa shape index (κ1) is 20.9. The van der Waals surface area contributed by atoms with Crippen molar-refractivity contribution in [2.75, 3.05) is 0 Å². The highest BCUT2D eigenvalue weighted by atomic mass is 79.9. The van der Waals surface area contributed by atoms with Crippen molar-refractivity contribution in [3.8, 4) is 6.07 Å². The summed E-state index contributed by atoms with van der Waals surface area (Å²) in [5, 5.41) is 11.6. The number of carbonyl (C=O) groups excluding carboxylic acids is 1. The number of nitrogens with one attached hydrogen (secondary N) is 1. The van der Waals surface area contributed by atoms with Crippen LogP contribution < -0.4 is 5.32 Å². The molecule has 4 nitrogen and oxygen atoms in total. The number of rotatable bonds is 4. The van der Waals surface area contributed by atoms with E-state index < -0.39 is 23.6 Å². The first-order chi connectivity index (χ1) is 13.8. The third-order valence-corrected chi connectivity index (χ3v) is 5.00. The zero-order chi connectivity index (χ0) is 21.1. The minimum absolute atomic E-state index is 0.0238. The zero-order valence-corrected chi connectivity index (χ0v) is 17.4. The maximum absolute atomic E-state index is 14.1. The third kappa shape index (κ3) is 4.61. The van der Waals surface area contributed by atoms with E-state index in [1.54, 1.807) is 25.3 Å². The Kier molecular flexibility index (Phi) is 6.26. The Morgan fingerprint density at radius 1 is 1.21 bits per heavy atom. The van der Waals surface area contributed by atoms with Crippen LogP contribution in [-0.2, 0) is 0 Å². The summed E-state index contributed by atoms with van der Waals surface area (Å²) in [6, 6.07) is 10.5. The van der Waals surface area contributed by atoms with Gasteiger partial charge in [0.15, 0.2) is 0 Å². The standard InChI is InChI=1S/C21H13BrClF2N3O/c1-11-6-15(22)10-27-19(11)20(12-4-5-16(23)18(25)7-12)28-21(29)13-2-3-14(9-26)17(24)8-13/h2-8,10,20H,1H3,(H,28,29). The molecule has 1 heterocycles. The summed E-state index contributed by atoms with van der Waals surface area (Å²) in [5.74, 6) is -2.03. The van der Waals surface area contributed by atoms with Crippen LogP contribution in [0.1, 0.15) is 38.8 Å². The van der Waals surface area contributed by atoms with Gasteiger partial charge < -0.3 is 5.32 Å². The molecule has 3 aromatic rings. The SMILES string of the molecule is Cc1cc(Br)cnc1C(NC(=O)c1ccc(C#N)c(F)c1)c1ccc(Cl)c(F)c1. The number of amides is 1. The van der Waals surface area contributed by atoms with E-state index in [2.05, 4.69) is 26.2 Å². The van der Waals surface area contributed by atoms with Crippen molar-refractivity contribution >= 4 is 33.4 Å². The second kappa shape index (κ2) is 8.68. The molecule has 0 bridgehead atoms. The zero-order valence-electron chi connectivity index (χ0n) is 15.0. The molecule has 8 heteroatoms. The Morgan fingerprint density at radius 2 is 1.97 bits per heavy atom. The molecule has 146 valence electrons. The van der Waals surface area contributed by atoms with Gasteiger partial charge >= 0.3 is 0 Å². The number of nitriles is 1. The Labute approximate surface area is 179 Å². The highest BCUT2D eigenvalue weighted by Crippen LogP contribution is 2.28. The van der Waals surface area contributed by atoms with Gasteiger partial charge in [-0.3, -0.25) is 9.78 Å². The van der Waals surface area contributed by atoms with Crippen molar-refractivity contribution in [3.63, 3.8) is 0 Å². The van der Waals surface area contributed by atoms with Crippen molar-refractivity contribution in [2.24, 2.45) is 0 Å². The van der Waals surface area contributed by atoms with Crippen molar-refractivity contribution in [3.05, 3.63) is 97.7 Å². The normalized spacial score (nSPS) is 11.6. The highest BCUT2D eigenvalue weighted by molar-refractivity contribution is 9.10. The van der Waals surface area contributed by atoms with Crippen LogP contribution in [0.15, 0.2) is 53.1 Å². The summed E-state index contributed by atoms with van der Waals surface area (Å²) in [6.07, 6.45) is 1.56. The van der Waals surface area contributed by atoms with E-state index in [0.29, 0.717) is 11.3 Å². The molecule has 0 aliphatic carbocycles. The number of pyridine rings is 1. The Hall–Kier alpha value is -2.82. The molecular weight excluding hydrogens is 464 g/mol. The highest BCUT2D eigenvalue weighted by Gasteiger charge is 2.23. The van der Waals surface area contributed by atoms with E-state index in [4.69, 9.17) is 16.9 Å². The summed E-state index contributed by atoms with van der Waals surface area (Å²) in [6.45, 7) is 1.81. The minimum atomic E-state index is -0.805. The fraction of sp³-hybridized carbons (Fsp3) is 0.0952. The van der Waals surface area contributed by atoms with Gasteiger partial charge in [0, 0.05) is 16.2 Å². The molecular formula is C21H13BrClF2N3O. The van der Waals surface area contributed by atoms with Gasteiger partial charge in [-0.15, -0.1) is 0 Å². The van der Waals surface area contributed by atoms with Gasteiger partial charge in [-0.05, 0) is 70.4 Å². The molecule has 0 fully saturated rings. The van der Waals surface area contributed by atoms with Crippen LogP contribution >= 0.6 is 27.5 Å². The topological polar surface area (TPSA) is 65.8 Å². The van der Waals surface area contributed by atoms with E-state index in [-0.39, 0.29) is 16.1 Å². The van der Waals surface area contributed by atoms with Crippen LogP contribution in [0.5, 0.6) is 0 Å². The molecule has 0 radical (unpaired) electrons. The van der Waals surface area contributed by atoms with Crippen molar-refractivity contribution < 1.29 is 13.6 Å². The van der Waals surface area contributed by atoms with Crippen LogP contribution in [0.4, 0.5) is 8.78 Å². The molecule has 1 unspecified atom stereocenters. The van der Waals surface area contributed by atoms with Gasteiger partial charge in [0.1, 0.15) is 17.7 Å². The molecule has 3 rings (SSSR count). The average molecular weight is 477 g/mol. The van der Waals surface area contributed by atoms with Gasteiger partial charge in [-0.25, -0.2) is 8.78 Å². The smallest absolute Gasteiger partial charge is 0.252 e. The molecule has 29 heavy (non-hydrogen) atoms. The first-order valence-electron chi connectivity index (χ1n) is 8.37. The maximum Gasteiger partial charge on any atom is 0.252 e. The number of benzene rings is 2. The average Bonchev–Trinajstić information content (AvgIpc) is 2.68. The van der Waals surface area contributed by atoms with Crippen LogP contribution in [0.2, 0.25) is 5.02 Å². The Balaban J connectivity index is 2.03. The van der Waals surface area contributed by atoms with E-state index in [1.165, 1.54) is 24.3 Å². The molecule has 1 amide bonds. The fourth-order valence-corrected chi connectivity index (χ4v) is 3.38. The molecule has 0 saturated carbocycles. The lowest BCUT2D eigenvalue weighted by atomic mass is 9.99. The van der Waals surface area contributed by atoms with Gasteiger partial charge in [0.05, 0.1) is 22.3 Å². The predicted octanol–water partition coefficient (Wildman–Crippen LogP) is 5.48. The summed E-state index contributed by atoms with van der Waals surface area (Å²) >= 11 is 9.12. The lowest BCUT2D eigenvalue weighted by Crippen LogP contribution is -2.30.